The van der Waals surface area contributed by atoms with Gasteiger partial charge in [-0.3, -0.25) is 14.3 Å². The van der Waals surface area contributed by atoms with Gasteiger partial charge in [-0.1, -0.05) is 26.7 Å². The molecule has 0 aromatic carbocycles. The molecule has 12 heteroatoms. The molecule has 1 saturated heterocycles. The van der Waals surface area contributed by atoms with E-state index in [0.717, 1.165) is 43.2 Å². The summed E-state index contributed by atoms with van der Waals surface area (Å²) in [5.41, 5.74) is -5.19. The van der Waals surface area contributed by atoms with Crippen LogP contribution in [0.15, 0.2) is 21.9 Å². The average Bonchev–Trinajstić information content (AvgIpc) is 3.04. The Morgan fingerprint density at radius 1 is 1.18 bits per heavy atom. The van der Waals surface area contributed by atoms with Gasteiger partial charge in [0.25, 0.3) is 5.56 Å². The maximum atomic E-state index is 14.7. The van der Waals surface area contributed by atoms with Gasteiger partial charge in [-0.25, -0.2) is 18.8 Å². The third-order valence-corrected chi connectivity index (χ3v) is 5.60. The van der Waals surface area contributed by atoms with Crippen molar-refractivity contribution in [3.05, 3.63) is 33.1 Å². The van der Waals surface area contributed by atoms with Gasteiger partial charge in [0, 0.05) is 25.5 Å². The zero-order valence-electron chi connectivity index (χ0n) is 20.0. The van der Waals surface area contributed by atoms with E-state index in [-0.39, 0.29) is 13.2 Å². The van der Waals surface area contributed by atoms with Crippen molar-refractivity contribution in [2.45, 2.75) is 70.0 Å². The van der Waals surface area contributed by atoms with Gasteiger partial charge >= 0.3 is 17.6 Å². The van der Waals surface area contributed by atoms with Crippen LogP contribution in [0.3, 0.4) is 0 Å². The van der Waals surface area contributed by atoms with E-state index >= 15 is 0 Å². The van der Waals surface area contributed by atoms with E-state index in [1.807, 2.05) is 13.8 Å². The number of nitrogens with zero attached hydrogens (tertiary/aromatic N) is 1. The highest BCUT2D eigenvalue weighted by atomic mass is 19.1. The molecule has 0 aliphatic carbocycles. The highest BCUT2D eigenvalue weighted by Crippen LogP contribution is 2.48. The molecule has 1 aliphatic heterocycles. The molecule has 4 atom stereocenters. The molecule has 11 nitrogen and oxygen atoms in total. The van der Waals surface area contributed by atoms with E-state index in [1.165, 1.54) is 6.92 Å². The van der Waals surface area contributed by atoms with Crippen LogP contribution in [0.5, 0.6) is 0 Å². The van der Waals surface area contributed by atoms with Gasteiger partial charge < -0.3 is 23.7 Å². The molecule has 2 rings (SSSR count). The summed E-state index contributed by atoms with van der Waals surface area (Å²) in [6, 6.07) is 1.06. The lowest BCUT2D eigenvalue weighted by molar-refractivity contribution is -0.192. The summed E-state index contributed by atoms with van der Waals surface area (Å²) >= 11 is 0. The molecule has 0 saturated carbocycles. The maximum absolute atomic E-state index is 14.7. The third-order valence-electron chi connectivity index (χ3n) is 5.60. The average molecular weight is 489 g/mol. The quantitative estimate of drug-likeness (QED) is 0.262. The van der Waals surface area contributed by atoms with Crippen LogP contribution in [0.1, 0.15) is 52.7 Å². The summed E-state index contributed by atoms with van der Waals surface area (Å²) in [4.78, 5) is 50.6. The predicted octanol–water partition coefficient (Wildman–Crippen LogP) is 1.25. The van der Waals surface area contributed by atoms with Gasteiger partial charge in [0.2, 0.25) is 0 Å². The second-order valence-electron chi connectivity index (χ2n) is 8.26. The molecule has 34 heavy (non-hydrogen) atoms. The molecule has 1 N–H and O–H groups in total. The van der Waals surface area contributed by atoms with Crippen LogP contribution >= 0.6 is 0 Å². The number of esters is 2. The molecule has 2 heterocycles. The van der Waals surface area contributed by atoms with E-state index in [4.69, 9.17) is 18.9 Å². The first-order valence-corrected chi connectivity index (χ1v) is 11.2. The van der Waals surface area contributed by atoms with Crippen molar-refractivity contribution in [3.63, 3.8) is 0 Å². The Labute approximate surface area is 196 Å². The minimum Gasteiger partial charge on any atom is -0.461 e. The van der Waals surface area contributed by atoms with Crippen molar-refractivity contribution in [1.29, 1.82) is 0 Å². The van der Waals surface area contributed by atoms with Crippen LogP contribution in [-0.2, 0) is 33.3 Å². The fourth-order valence-electron chi connectivity index (χ4n) is 3.83. The van der Waals surface area contributed by atoms with Crippen molar-refractivity contribution in [3.8, 4) is 0 Å². The van der Waals surface area contributed by atoms with E-state index in [1.54, 1.807) is 0 Å². The number of halogens is 1. The SMILES string of the molecule is CCCCOC[C@@]1(CF)O[C@@H](n2ccc(=O)[nH]c2=O)[C@@](C)(OC(=O)C(=O)OC)[C@@H]1OCCCC. The number of hydrogen-bond donors (Lipinski definition) is 1. The number of unbranched alkanes of at least 4 members (excludes halogenated alkanes) is 2. The number of alkyl halides is 1. The standard InChI is InChI=1S/C22H33FN2O9/c1-5-7-11-31-14-22(13-23)18(32-12-8-6-2)21(3,33-17(28)16(27)30-4)19(34-22)25-10-9-15(26)24-20(25)29/h9-10,18-19H,5-8,11-14H2,1-4H3,(H,24,26,29)/t18-,19+,21-,22+/m0/s1. The first kappa shape index (κ1) is 27.7. The zero-order chi connectivity index (χ0) is 25.4. The Kier molecular flexibility index (Phi) is 9.95. The number of aromatic amines is 1. The number of hydrogen-bond acceptors (Lipinski definition) is 9. The Morgan fingerprint density at radius 2 is 1.85 bits per heavy atom. The van der Waals surface area contributed by atoms with Gasteiger partial charge in [-0.05, 0) is 19.8 Å². The summed E-state index contributed by atoms with van der Waals surface area (Å²) in [7, 11) is 1.00. The number of carbonyl (C=O) groups excluding carboxylic acids is 2. The molecular weight excluding hydrogens is 455 g/mol. The van der Waals surface area contributed by atoms with E-state index in [9.17, 15) is 23.6 Å². The van der Waals surface area contributed by atoms with Crippen LogP contribution in [0.25, 0.3) is 0 Å². The predicted molar refractivity (Wildman–Crippen MR) is 117 cm³/mol. The van der Waals surface area contributed by atoms with Gasteiger partial charge in [-0.2, -0.15) is 0 Å². The molecule has 0 radical (unpaired) electrons. The van der Waals surface area contributed by atoms with E-state index < -0.39 is 53.4 Å². The summed E-state index contributed by atoms with van der Waals surface area (Å²) in [6.45, 7) is 4.40. The van der Waals surface area contributed by atoms with Crippen molar-refractivity contribution in [1.82, 2.24) is 9.55 Å². The van der Waals surface area contributed by atoms with Gasteiger partial charge in [-0.15, -0.1) is 0 Å². The fraction of sp³-hybridized carbons (Fsp3) is 0.727. The Morgan fingerprint density at radius 3 is 2.44 bits per heavy atom. The van der Waals surface area contributed by atoms with Crippen molar-refractivity contribution in [2.24, 2.45) is 0 Å². The highest BCUT2D eigenvalue weighted by Gasteiger charge is 2.66. The second-order valence-corrected chi connectivity index (χ2v) is 8.26. The third kappa shape index (κ3) is 5.91. The maximum Gasteiger partial charge on any atom is 0.418 e. The van der Waals surface area contributed by atoms with Gasteiger partial charge in [0.1, 0.15) is 12.8 Å². The summed E-state index contributed by atoms with van der Waals surface area (Å²) in [5.74, 6) is -2.67. The molecule has 1 aromatic rings. The number of carbonyl (C=O) groups is 2. The number of ether oxygens (including phenoxy) is 5. The normalized spacial score (nSPS) is 26.4. The molecule has 0 spiro atoms. The molecule has 1 aliphatic rings. The smallest absolute Gasteiger partial charge is 0.418 e. The molecule has 1 fully saturated rings. The van der Waals surface area contributed by atoms with Crippen LogP contribution in [0.2, 0.25) is 0 Å². The van der Waals surface area contributed by atoms with Crippen LogP contribution in [0.4, 0.5) is 4.39 Å². The summed E-state index contributed by atoms with van der Waals surface area (Å²) in [6.07, 6.45) is 1.36. The van der Waals surface area contributed by atoms with Crippen LogP contribution in [0, 0.1) is 0 Å². The minimum absolute atomic E-state index is 0.167. The Bertz CT molecular complexity index is 949. The van der Waals surface area contributed by atoms with Gasteiger partial charge in [0.15, 0.2) is 17.4 Å². The topological polar surface area (TPSA) is 135 Å². The van der Waals surface area contributed by atoms with E-state index in [0.29, 0.717) is 13.0 Å². The molecule has 0 unspecified atom stereocenters. The number of nitrogens with one attached hydrogen (secondary N) is 1. The van der Waals surface area contributed by atoms with Crippen molar-refractivity contribution in [2.75, 3.05) is 33.6 Å². The molecule has 0 bridgehead atoms. The van der Waals surface area contributed by atoms with E-state index in [2.05, 4.69) is 9.72 Å². The molecule has 192 valence electrons. The van der Waals surface area contributed by atoms with Gasteiger partial charge in [0.05, 0.1) is 13.7 Å². The first-order chi connectivity index (χ1) is 16.2. The molecule has 1 aromatic heterocycles. The highest BCUT2D eigenvalue weighted by molar-refractivity contribution is 6.29. The van der Waals surface area contributed by atoms with Crippen molar-refractivity contribution >= 4 is 11.9 Å². The lowest BCUT2D eigenvalue weighted by Crippen LogP contribution is -2.57. The Hall–Kier alpha value is -2.57. The number of methoxy groups -OCH3 is 1. The first-order valence-electron chi connectivity index (χ1n) is 11.2. The summed E-state index contributed by atoms with van der Waals surface area (Å²) < 4.78 is 43.3. The largest absolute Gasteiger partial charge is 0.461 e. The zero-order valence-corrected chi connectivity index (χ0v) is 20.0. The van der Waals surface area contributed by atoms with Crippen LogP contribution in [-0.4, -0.2) is 72.4 Å². The summed E-state index contributed by atoms with van der Waals surface area (Å²) in [5, 5.41) is 0. The number of aromatic nitrogens is 2. The minimum atomic E-state index is -1.87. The lowest BCUT2D eigenvalue weighted by atomic mass is 9.87. The number of rotatable bonds is 12. The fourth-order valence-corrected chi connectivity index (χ4v) is 3.83. The molecule has 0 amide bonds. The second kappa shape index (κ2) is 12.2. The molecular formula is C22H33FN2O9. The lowest BCUT2D eigenvalue weighted by Gasteiger charge is -2.37. The number of H-pyrrole nitrogens is 1. The monoisotopic (exact) mass is 488 g/mol. The Balaban J connectivity index is 2.60. The van der Waals surface area contributed by atoms with Crippen LogP contribution < -0.4 is 11.2 Å². The van der Waals surface area contributed by atoms with Crippen molar-refractivity contribution < 1.29 is 37.7 Å².